The zero-order chi connectivity index (χ0) is 14.8. The zero-order valence-corrected chi connectivity index (χ0v) is 11.8. The van der Waals surface area contributed by atoms with E-state index < -0.39 is 12.0 Å². The van der Waals surface area contributed by atoms with Gasteiger partial charge in [-0.1, -0.05) is 0 Å². The van der Waals surface area contributed by atoms with E-state index in [-0.39, 0.29) is 0 Å². The van der Waals surface area contributed by atoms with Gasteiger partial charge in [-0.05, 0) is 18.2 Å². The number of hydrogen-bond donors (Lipinski definition) is 2. The number of nitrogens with zero attached hydrogens (tertiary/aromatic N) is 1. The minimum Gasteiger partial charge on any atom is -0.497 e. The van der Waals surface area contributed by atoms with E-state index in [1.165, 1.54) is 0 Å². The predicted octanol–water partition coefficient (Wildman–Crippen LogP) is 1.63. The van der Waals surface area contributed by atoms with Crippen LogP contribution in [0.5, 0.6) is 5.75 Å². The molecule has 2 heterocycles. The first kappa shape index (κ1) is 13.9. The number of carbonyl (C=O) groups is 1. The third kappa shape index (κ3) is 2.59. The molecule has 1 aliphatic heterocycles. The first-order valence-corrected chi connectivity index (χ1v) is 6.90. The van der Waals surface area contributed by atoms with Gasteiger partial charge < -0.3 is 19.6 Å². The van der Waals surface area contributed by atoms with Crippen molar-refractivity contribution in [3.63, 3.8) is 0 Å². The molecule has 1 saturated heterocycles. The SMILES string of the molecule is COc1ccc2[nH]cc(C(C(=O)O)N3CCOCC3)c2c1. The summed E-state index contributed by atoms with van der Waals surface area (Å²) in [4.78, 5) is 16.8. The molecule has 112 valence electrons. The number of aromatic amines is 1. The van der Waals surface area contributed by atoms with Crippen molar-refractivity contribution in [1.82, 2.24) is 9.88 Å². The van der Waals surface area contributed by atoms with Gasteiger partial charge in [0.1, 0.15) is 11.8 Å². The van der Waals surface area contributed by atoms with Crippen molar-refractivity contribution in [3.8, 4) is 5.75 Å². The Bertz CT molecular complexity index is 646. The number of aliphatic carboxylic acids is 1. The molecule has 21 heavy (non-hydrogen) atoms. The molecule has 0 amide bonds. The third-order valence-corrected chi connectivity index (χ3v) is 3.86. The minimum absolute atomic E-state index is 0.565. The number of carboxylic acids is 1. The number of hydrogen-bond acceptors (Lipinski definition) is 4. The monoisotopic (exact) mass is 290 g/mol. The molecule has 0 bridgehead atoms. The molecule has 0 radical (unpaired) electrons. The van der Waals surface area contributed by atoms with Gasteiger partial charge in [0.25, 0.3) is 0 Å². The van der Waals surface area contributed by atoms with Crippen LogP contribution in [0.1, 0.15) is 11.6 Å². The first-order valence-electron chi connectivity index (χ1n) is 6.90. The highest BCUT2D eigenvalue weighted by molar-refractivity contribution is 5.90. The van der Waals surface area contributed by atoms with Crippen LogP contribution in [0, 0.1) is 0 Å². The average Bonchev–Trinajstić information content (AvgIpc) is 2.91. The van der Waals surface area contributed by atoms with Gasteiger partial charge >= 0.3 is 5.97 Å². The summed E-state index contributed by atoms with van der Waals surface area (Å²) < 4.78 is 10.5. The Hall–Kier alpha value is -2.05. The second kappa shape index (κ2) is 5.75. The molecule has 3 rings (SSSR count). The molecule has 1 unspecified atom stereocenters. The highest BCUT2D eigenvalue weighted by Crippen LogP contribution is 2.31. The lowest BCUT2D eigenvalue weighted by Gasteiger charge is -2.31. The number of carboxylic acid groups (broad SMARTS) is 1. The Labute approximate surface area is 122 Å². The van der Waals surface area contributed by atoms with Crippen LogP contribution in [0.4, 0.5) is 0 Å². The molecule has 0 aliphatic carbocycles. The Morgan fingerprint density at radius 2 is 2.19 bits per heavy atom. The minimum atomic E-state index is -0.847. The standard InChI is InChI=1S/C15H18N2O4/c1-20-10-2-3-13-11(8-10)12(9-16-13)14(15(18)19)17-4-6-21-7-5-17/h2-3,8-9,14,16H,4-7H2,1H3,(H,18,19). The molecule has 0 spiro atoms. The van der Waals surface area contributed by atoms with Crippen LogP contribution in [0.3, 0.4) is 0 Å². The maximum absolute atomic E-state index is 11.8. The van der Waals surface area contributed by atoms with Crippen LogP contribution < -0.4 is 4.74 Å². The quantitative estimate of drug-likeness (QED) is 0.895. The molecule has 6 nitrogen and oxygen atoms in total. The lowest BCUT2D eigenvalue weighted by atomic mass is 10.0. The second-order valence-corrected chi connectivity index (χ2v) is 5.04. The van der Waals surface area contributed by atoms with Crippen molar-refractivity contribution in [2.75, 3.05) is 33.4 Å². The number of fused-ring (bicyclic) bond motifs is 1. The zero-order valence-electron chi connectivity index (χ0n) is 11.8. The molecular formula is C15H18N2O4. The van der Waals surface area contributed by atoms with E-state index in [0.29, 0.717) is 26.3 Å². The number of rotatable bonds is 4. The Kier molecular flexibility index (Phi) is 3.81. The van der Waals surface area contributed by atoms with Gasteiger partial charge in [0.2, 0.25) is 0 Å². The van der Waals surface area contributed by atoms with E-state index in [1.807, 2.05) is 23.1 Å². The fraction of sp³-hybridized carbons (Fsp3) is 0.400. The molecule has 2 aromatic rings. The van der Waals surface area contributed by atoms with Crippen molar-refractivity contribution < 1.29 is 19.4 Å². The number of ether oxygens (including phenoxy) is 2. The van der Waals surface area contributed by atoms with E-state index in [2.05, 4.69) is 4.98 Å². The van der Waals surface area contributed by atoms with Crippen molar-refractivity contribution in [3.05, 3.63) is 30.0 Å². The fourth-order valence-corrected chi connectivity index (χ4v) is 2.80. The first-order chi connectivity index (χ1) is 10.2. The summed E-state index contributed by atoms with van der Waals surface area (Å²) >= 11 is 0. The fourth-order valence-electron chi connectivity index (χ4n) is 2.80. The smallest absolute Gasteiger partial charge is 0.325 e. The molecule has 0 saturated carbocycles. The summed E-state index contributed by atoms with van der Waals surface area (Å²) in [5, 5.41) is 10.5. The molecule has 1 aromatic carbocycles. The summed E-state index contributed by atoms with van der Waals surface area (Å²) in [5.41, 5.74) is 1.67. The number of benzene rings is 1. The van der Waals surface area contributed by atoms with Crippen LogP contribution in [0.25, 0.3) is 10.9 Å². The molecule has 2 N–H and O–H groups in total. The van der Waals surface area contributed by atoms with Crippen LogP contribution in [-0.2, 0) is 9.53 Å². The van der Waals surface area contributed by atoms with Crippen LogP contribution in [-0.4, -0.2) is 54.4 Å². The van der Waals surface area contributed by atoms with Gasteiger partial charge in [0.05, 0.1) is 20.3 Å². The number of nitrogens with one attached hydrogen (secondary N) is 1. The number of aromatic nitrogens is 1. The highest BCUT2D eigenvalue weighted by atomic mass is 16.5. The summed E-state index contributed by atoms with van der Waals surface area (Å²) in [6, 6.07) is 4.95. The van der Waals surface area contributed by atoms with Crippen molar-refractivity contribution in [2.24, 2.45) is 0 Å². The second-order valence-electron chi connectivity index (χ2n) is 5.04. The van der Waals surface area contributed by atoms with Crippen LogP contribution in [0.15, 0.2) is 24.4 Å². The maximum Gasteiger partial charge on any atom is 0.325 e. The summed E-state index contributed by atoms with van der Waals surface area (Å²) in [6.07, 6.45) is 1.78. The van der Waals surface area contributed by atoms with Gasteiger partial charge in [-0.3, -0.25) is 9.69 Å². The number of methoxy groups -OCH3 is 1. The van der Waals surface area contributed by atoms with Gasteiger partial charge in [0, 0.05) is 35.8 Å². The third-order valence-electron chi connectivity index (χ3n) is 3.86. The van der Waals surface area contributed by atoms with Crippen molar-refractivity contribution in [2.45, 2.75) is 6.04 Å². The summed E-state index contributed by atoms with van der Waals surface area (Å²) in [5.74, 6) is -0.130. The largest absolute Gasteiger partial charge is 0.497 e. The van der Waals surface area contributed by atoms with E-state index in [1.54, 1.807) is 13.3 Å². The van der Waals surface area contributed by atoms with E-state index >= 15 is 0 Å². The van der Waals surface area contributed by atoms with Gasteiger partial charge in [-0.15, -0.1) is 0 Å². The van der Waals surface area contributed by atoms with Crippen LogP contribution >= 0.6 is 0 Å². The summed E-state index contributed by atoms with van der Waals surface area (Å²) in [6.45, 7) is 2.37. The molecule has 1 aromatic heterocycles. The lowest BCUT2D eigenvalue weighted by Crippen LogP contribution is -2.42. The summed E-state index contributed by atoms with van der Waals surface area (Å²) in [7, 11) is 1.60. The Balaban J connectivity index is 2.04. The maximum atomic E-state index is 11.8. The highest BCUT2D eigenvalue weighted by Gasteiger charge is 2.30. The predicted molar refractivity (Wildman–Crippen MR) is 77.6 cm³/mol. The lowest BCUT2D eigenvalue weighted by molar-refractivity contribution is -0.145. The molecular weight excluding hydrogens is 272 g/mol. The molecule has 1 fully saturated rings. The average molecular weight is 290 g/mol. The van der Waals surface area contributed by atoms with Crippen molar-refractivity contribution >= 4 is 16.9 Å². The molecule has 1 aliphatic rings. The molecule has 1 atom stereocenters. The van der Waals surface area contributed by atoms with Crippen molar-refractivity contribution in [1.29, 1.82) is 0 Å². The Morgan fingerprint density at radius 3 is 2.86 bits per heavy atom. The normalized spacial score (nSPS) is 17.8. The van der Waals surface area contributed by atoms with E-state index in [4.69, 9.17) is 9.47 Å². The topological polar surface area (TPSA) is 74.8 Å². The van der Waals surface area contributed by atoms with Gasteiger partial charge in [0.15, 0.2) is 0 Å². The van der Waals surface area contributed by atoms with Gasteiger partial charge in [-0.25, -0.2) is 0 Å². The number of morpholine rings is 1. The van der Waals surface area contributed by atoms with E-state index in [9.17, 15) is 9.90 Å². The van der Waals surface area contributed by atoms with E-state index in [0.717, 1.165) is 22.2 Å². The van der Waals surface area contributed by atoms with Crippen LogP contribution in [0.2, 0.25) is 0 Å². The Morgan fingerprint density at radius 1 is 1.43 bits per heavy atom. The van der Waals surface area contributed by atoms with Gasteiger partial charge in [-0.2, -0.15) is 0 Å². The molecule has 6 heteroatoms. The number of H-pyrrole nitrogens is 1.